The Balaban J connectivity index is 1.96. The van der Waals surface area contributed by atoms with E-state index < -0.39 is 6.61 Å². The summed E-state index contributed by atoms with van der Waals surface area (Å²) in [7, 11) is 0. The van der Waals surface area contributed by atoms with Gasteiger partial charge >= 0.3 is 5.97 Å². The SMILES string of the molecule is Cc1c(C(=O)OC(C)C)cc2cc(Br)cn2c1C(C)N1CCN(C(=O)CO)CC1. The Labute approximate surface area is 179 Å². The van der Waals surface area contributed by atoms with Crippen molar-refractivity contribution in [1.82, 2.24) is 14.2 Å². The van der Waals surface area contributed by atoms with Gasteiger partial charge in [-0.2, -0.15) is 0 Å². The number of hydrogen-bond acceptors (Lipinski definition) is 5. The number of aliphatic hydroxyl groups excluding tert-OH is 1. The van der Waals surface area contributed by atoms with Crippen LogP contribution in [0.1, 0.15) is 48.4 Å². The van der Waals surface area contributed by atoms with Gasteiger partial charge in [0.15, 0.2) is 0 Å². The molecular weight excluding hydrogens is 438 g/mol. The maximum Gasteiger partial charge on any atom is 0.338 e. The monoisotopic (exact) mass is 465 g/mol. The number of ether oxygens (including phenoxy) is 1. The number of pyridine rings is 1. The highest BCUT2D eigenvalue weighted by molar-refractivity contribution is 9.10. The van der Waals surface area contributed by atoms with Gasteiger partial charge in [-0.3, -0.25) is 9.69 Å². The Morgan fingerprint density at radius 1 is 1.17 bits per heavy atom. The number of aromatic nitrogens is 1. The summed E-state index contributed by atoms with van der Waals surface area (Å²) < 4.78 is 8.52. The van der Waals surface area contributed by atoms with Crippen LogP contribution in [-0.4, -0.2) is 70.1 Å². The second-order valence-corrected chi connectivity index (χ2v) is 8.64. The number of halogens is 1. The van der Waals surface area contributed by atoms with Crippen LogP contribution in [0.3, 0.4) is 0 Å². The fraction of sp³-hybridized carbons (Fsp3) is 0.524. The fourth-order valence-electron chi connectivity index (χ4n) is 3.98. The van der Waals surface area contributed by atoms with Crippen molar-refractivity contribution in [3.63, 3.8) is 0 Å². The molecule has 0 aliphatic carbocycles. The van der Waals surface area contributed by atoms with Gasteiger partial charge in [-0.25, -0.2) is 4.79 Å². The molecule has 2 aromatic rings. The highest BCUT2D eigenvalue weighted by atomic mass is 79.9. The molecule has 1 saturated heterocycles. The lowest BCUT2D eigenvalue weighted by molar-refractivity contribution is -0.136. The normalized spacial score (nSPS) is 16.4. The third-order valence-corrected chi connectivity index (χ3v) is 5.90. The Hall–Kier alpha value is -1.90. The minimum atomic E-state index is -0.452. The summed E-state index contributed by atoms with van der Waals surface area (Å²) in [4.78, 5) is 28.4. The summed E-state index contributed by atoms with van der Waals surface area (Å²) in [6.07, 6.45) is 1.83. The van der Waals surface area contributed by atoms with Crippen LogP contribution in [0, 0.1) is 6.92 Å². The van der Waals surface area contributed by atoms with E-state index in [2.05, 4.69) is 32.2 Å². The average molecular weight is 466 g/mol. The topological polar surface area (TPSA) is 74.5 Å². The Kier molecular flexibility index (Phi) is 6.65. The number of amides is 1. The van der Waals surface area contributed by atoms with E-state index in [-0.39, 0.29) is 24.0 Å². The molecule has 3 rings (SSSR count). The lowest BCUT2D eigenvalue weighted by atomic mass is 10.0. The van der Waals surface area contributed by atoms with Gasteiger partial charge in [0.2, 0.25) is 5.91 Å². The quantitative estimate of drug-likeness (QED) is 0.687. The highest BCUT2D eigenvalue weighted by Gasteiger charge is 2.28. The molecule has 1 unspecified atom stereocenters. The first kappa shape index (κ1) is 21.8. The first-order valence-corrected chi connectivity index (χ1v) is 10.7. The van der Waals surface area contributed by atoms with Crippen molar-refractivity contribution >= 4 is 33.3 Å². The summed E-state index contributed by atoms with van der Waals surface area (Å²) in [6.45, 7) is 9.89. The summed E-state index contributed by atoms with van der Waals surface area (Å²) in [5.74, 6) is -0.548. The Morgan fingerprint density at radius 3 is 2.41 bits per heavy atom. The molecule has 3 heterocycles. The maximum atomic E-state index is 12.7. The summed E-state index contributed by atoms with van der Waals surface area (Å²) >= 11 is 3.54. The fourth-order valence-corrected chi connectivity index (χ4v) is 4.42. The van der Waals surface area contributed by atoms with Crippen molar-refractivity contribution in [1.29, 1.82) is 0 Å². The second kappa shape index (κ2) is 8.85. The number of piperazine rings is 1. The maximum absolute atomic E-state index is 12.7. The van der Waals surface area contributed by atoms with Crippen molar-refractivity contribution in [3.05, 3.63) is 39.6 Å². The molecule has 2 aromatic heterocycles. The molecule has 29 heavy (non-hydrogen) atoms. The molecule has 8 heteroatoms. The van der Waals surface area contributed by atoms with Gasteiger partial charge < -0.3 is 19.1 Å². The Bertz CT molecular complexity index is 916. The highest BCUT2D eigenvalue weighted by Crippen LogP contribution is 2.31. The average Bonchev–Trinajstić information content (AvgIpc) is 3.05. The van der Waals surface area contributed by atoms with E-state index in [1.807, 2.05) is 39.1 Å². The number of nitrogens with zero attached hydrogens (tertiary/aromatic N) is 3. The molecule has 0 aromatic carbocycles. The van der Waals surface area contributed by atoms with Gasteiger partial charge in [-0.15, -0.1) is 0 Å². The van der Waals surface area contributed by atoms with Crippen LogP contribution < -0.4 is 0 Å². The predicted molar refractivity (Wildman–Crippen MR) is 114 cm³/mol. The van der Waals surface area contributed by atoms with Crippen LogP contribution in [-0.2, 0) is 9.53 Å². The van der Waals surface area contributed by atoms with Gasteiger partial charge in [0.1, 0.15) is 6.61 Å². The van der Waals surface area contributed by atoms with Gasteiger partial charge in [-0.05, 0) is 61.3 Å². The minimum absolute atomic E-state index is 0.0370. The van der Waals surface area contributed by atoms with Crippen LogP contribution in [0.4, 0.5) is 0 Å². The molecule has 0 radical (unpaired) electrons. The second-order valence-electron chi connectivity index (χ2n) is 7.73. The van der Waals surface area contributed by atoms with E-state index in [0.29, 0.717) is 31.7 Å². The standard InChI is InChI=1S/C21H28BrN3O4/c1-13(2)29-21(28)18-10-17-9-16(22)11-25(17)20(14(18)3)15(4)23-5-7-24(8-6-23)19(27)12-26/h9-11,13,15,26H,5-8,12H2,1-4H3. The van der Waals surface area contributed by atoms with Crippen molar-refractivity contribution < 1.29 is 19.4 Å². The minimum Gasteiger partial charge on any atom is -0.459 e. The number of aliphatic hydroxyl groups is 1. The summed E-state index contributed by atoms with van der Waals surface area (Å²) in [5, 5.41) is 9.09. The molecule has 158 valence electrons. The molecule has 0 saturated carbocycles. The summed E-state index contributed by atoms with van der Waals surface area (Å²) in [6, 6.07) is 3.90. The van der Waals surface area contributed by atoms with E-state index in [1.165, 1.54) is 0 Å². The van der Waals surface area contributed by atoms with E-state index in [1.54, 1.807) is 4.90 Å². The van der Waals surface area contributed by atoms with Crippen LogP contribution in [0.25, 0.3) is 5.52 Å². The van der Waals surface area contributed by atoms with Gasteiger partial charge in [0.25, 0.3) is 0 Å². The molecule has 1 fully saturated rings. The molecule has 1 aliphatic heterocycles. The van der Waals surface area contributed by atoms with E-state index in [9.17, 15) is 9.59 Å². The Morgan fingerprint density at radius 2 is 1.83 bits per heavy atom. The number of fused-ring (bicyclic) bond motifs is 1. The van der Waals surface area contributed by atoms with Gasteiger partial charge in [-0.1, -0.05) is 0 Å². The number of rotatable bonds is 5. The van der Waals surface area contributed by atoms with E-state index in [4.69, 9.17) is 9.84 Å². The van der Waals surface area contributed by atoms with Crippen LogP contribution in [0.2, 0.25) is 0 Å². The largest absolute Gasteiger partial charge is 0.459 e. The molecule has 0 bridgehead atoms. The number of esters is 1. The smallest absolute Gasteiger partial charge is 0.338 e. The van der Waals surface area contributed by atoms with Crippen molar-refractivity contribution in [3.8, 4) is 0 Å². The molecule has 1 amide bonds. The lowest BCUT2D eigenvalue weighted by Gasteiger charge is -2.38. The third-order valence-electron chi connectivity index (χ3n) is 5.46. The molecule has 1 N–H and O–H groups in total. The number of hydrogen-bond donors (Lipinski definition) is 1. The molecule has 0 spiro atoms. The van der Waals surface area contributed by atoms with Crippen LogP contribution >= 0.6 is 15.9 Å². The number of carbonyl (C=O) groups excluding carboxylic acids is 2. The molecule has 1 atom stereocenters. The van der Waals surface area contributed by atoms with Crippen molar-refractivity contribution in [2.45, 2.75) is 39.8 Å². The van der Waals surface area contributed by atoms with Gasteiger partial charge in [0.05, 0.1) is 11.7 Å². The van der Waals surface area contributed by atoms with Crippen LogP contribution in [0.15, 0.2) is 22.8 Å². The first-order valence-electron chi connectivity index (χ1n) is 9.87. The molecule has 7 nitrogen and oxygen atoms in total. The zero-order chi connectivity index (χ0) is 21.3. The first-order chi connectivity index (χ1) is 13.7. The third kappa shape index (κ3) is 4.49. The zero-order valence-corrected chi connectivity index (χ0v) is 18.9. The van der Waals surface area contributed by atoms with E-state index in [0.717, 1.165) is 21.2 Å². The molecular formula is C21H28BrN3O4. The molecule has 1 aliphatic rings. The number of carbonyl (C=O) groups is 2. The van der Waals surface area contributed by atoms with Gasteiger partial charge in [0, 0.05) is 54.1 Å². The predicted octanol–water partition coefficient (Wildman–Crippen LogP) is 2.77. The van der Waals surface area contributed by atoms with E-state index >= 15 is 0 Å². The van der Waals surface area contributed by atoms with Crippen LogP contribution in [0.5, 0.6) is 0 Å². The van der Waals surface area contributed by atoms with Crippen molar-refractivity contribution in [2.75, 3.05) is 32.8 Å². The lowest BCUT2D eigenvalue weighted by Crippen LogP contribution is -2.50. The van der Waals surface area contributed by atoms with Crippen molar-refractivity contribution in [2.24, 2.45) is 0 Å². The zero-order valence-electron chi connectivity index (χ0n) is 17.3. The summed E-state index contributed by atoms with van der Waals surface area (Å²) in [5.41, 5.74) is 3.43.